The second-order valence-corrected chi connectivity index (χ2v) is 11.9. The van der Waals surface area contributed by atoms with Gasteiger partial charge >= 0.3 is 0 Å². The second kappa shape index (κ2) is 16.3. The van der Waals surface area contributed by atoms with Crippen LogP contribution < -0.4 is 10.1 Å². The molecule has 0 aliphatic carbocycles. The molecule has 9 heteroatoms. The minimum Gasteiger partial charge on any atom is -0.490 e. The first-order valence-corrected chi connectivity index (χ1v) is 15.5. The summed E-state index contributed by atoms with van der Waals surface area (Å²) < 4.78 is 12.8. The zero-order valence-electron chi connectivity index (χ0n) is 26.3. The number of ether oxygens (including phenoxy) is 2. The van der Waals surface area contributed by atoms with Gasteiger partial charge in [-0.25, -0.2) is 0 Å². The average Bonchev–Trinajstić information content (AvgIpc) is 3.03. The van der Waals surface area contributed by atoms with E-state index in [1.807, 2.05) is 32.0 Å². The molecule has 1 aromatic heterocycles. The number of pyridine rings is 1. The summed E-state index contributed by atoms with van der Waals surface area (Å²) in [5, 5.41) is 13.1. The molecule has 2 aromatic carbocycles. The summed E-state index contributed by atoms with van der Waals surface area (Å²) in [5.41, 5.74) is 2.53. The zero-order valence-corrected chi connectivity index (χ0v) is 26.3. The lowest BCUT2D eigenvalue weighted by molar-refractivity contribution is -0.0177. The first kappa shape index (κ1) is 33.1. The molecule has 9 nitrogen and oxygen atoms in total. The molecule has 2 amide bonds. The molecular weight excluding hydrogens is 556 g/mol. The number of nitrogens with one attached hydrogen (secondary N) is 1. The summed E-state index contributed by atoms with van der Waals surface area (Å²) >= 11 is 0. The normalized spacial score (nSPS) is 20.7. The summed E-state index contributed by atoms with van der Waals surface area (Å²) in [4.78, 5) is 35.3. The number of rotatable bonds is 8. The summed E-state index contributed by atoms with van der Waals surface area (Å²) in [5.74, 6) is -0.0967. The Morgan fingerprint density at radius 2 is 1.86 bits per heavy atom. The van der Waals surface area contributed by atoms with Crippen molar-refractivity contribution in [1.82, 2.24) is 14.8 Å². The number of fused-ring (bicyclic) bond motifs is 1. The van der Waals surface area contributed by atoms with Crippen molar-refractivity contribution in [3.05, 3.63) is 89.7 Å². The summed E-state index contributed by atoms with van der Waals surface area (Å²) in [7, 11) is 2.07. The van der Waals surface area contributed by atoms with E-state index in [1.165, 1.54) is 5.56 Å². The number of hydrogen-bond acceptors (Lipinski definition) is 7. The van der Waals surface area contributed by atoms with Crippen LogP contribution in [0, 0.1) is 5.92 Å². The van der Waals surface area contributed by atoms with Crippen LogP contribution in [0.2, 0.25) is 0 Å². The van der Waals surface area contributed by atoms with E-state index in [9.17, 15) is 14.7 Å². The highest BCUT2D eigenvalue weighted by atomic mass is 16.5. The van der Waals surface area contributed by atoms with Gasteiger partial charge in [-0.3, -0.25) is 19.5 Å². The summed E-state index contributed by atoms with van der Waals surface area (Å²) in [6, 6.07) is 17.7. The largest absolute Gasteiger partial charge is 0.490 e. The van der Waals surface area contributed by atoms with Crippen molar-refractivity contribution in [2.24, 2.45) is 5.92 Å². The van der Waals surface area contributed by atoms with E-state index >= 15 is 0 Å². The van der Waals surface area contributed by atoms with E-state index < -0.39 is 6.04 Å². The fourth-order valence-electron chi connectivity index (χ4n) is 5.43. The highest BCUT2D eigenvalue weighted by Gasteiger charge is 2.30. The molecule has 0 saturated carbocycles. The fraction of sp³-hybridized carbons (Fsp3) is 0.457. The number of likely N-dealkylation sites (N-methyl/N-ethyl adjacent to an activating group) is 1. The minimum atomic E-state index is -0.444. The van der Waals surface area contributed by atoms with Crippen molar-refractivity contribution in [3.8, 4) is 5.75 Å². The molecule has 0 unspecified atom stereocenters. The van der Waals surface area contributed by atoms with Crippen LogP contribution in [0.1, 0.15) is 66.3 Å². The Balaban J connectivity index is 1.61. The number of carbonyl (C=O) groups excluding carboxylic acids is 2. The number of amides is 2. The van der Waals surface area contributed by atoms with E-state index in [2.05, 4.69) is 29.2 Å². The smallest absolute Gasteiger partial charge is 0.258 e. The summed E-state index contributed by atoms with van der Waals surface area (Å²) in [6.07, 6.45) is 5.97. The first-order valence-electron chi connectivity index (χ1n) is 15.5. The van der Waals surface area contributed by atoms with Crippen LogP contribution >= 0.6 is 0 Å². The Morgan fingerprint density at radius 1 is 1.11 bits per heavy atom. The number of aromatic nitrogens is 1. The van der Waals surface area contributed by atoms with Crippen LogP contribution in [-0.2, 0) is 11.3 Å². The predicted octanol–water partition coefficient (Wildman–Crippen LogP) is 5.26. The number of benzene rings is 2. The summed E-state index contributed by atoms with van der Waals surface area (Å²) in [6.45, 7) is 8.18. The van der Waals surface area contributed by atoms with Gasteiger partial charge in [-0.1, -0.05) is 25.1 Å². The molecule has 2 heterocycles. The number of hydrogen-bond donors (Lipinski definition) is 2. The van der Waals surface area contributed by atoms with Crippen molar-refractivity contribution < 1.29 is 24.2 Å². The zero-order chi connectivity index (χ0) is 31.5. The van der Waals surface area contributed by atoms with Crippen molar-refractivity contribution >= 4 is 17.5 Å². The number of anilines is 1. The molecule has 3 aromatic rings. The number of carbonyl (C=O) groups is 2. The van der Waals surface area contributed by atoms with Gasteiger partial charge in [0, 0.05) is 55.8 Å². The Kier molecular flexibility index (Phi) is 12.3. The Labute approximate surface area is 261 Å². The van der Waals surface area contributed by atoms with Crippen LogP contribution in [0.25, 0.3) is 0 Å². The number of aliphatic hydroxyl groups is 1. The van der Waals surface area contributed by atoms with Crippen molar-refractivity contribution in [2.45, 2.75) is 64.8 Å². The third kappa shape index (κ3) is 9.35. The monoisotopic (exact) mass is 602 g/mol. The molecular formula is C35H46N4O5. The lowest BCUT2D eigenvalue weighted by atomic mass is 10.0. The molecule has 0 spiro atoms. The van der Waals surface area contributed by atoms with Gasteiger partial charge in [-0.2, -0.15) is 0 Å². The van der Waals surface area contributed by atoms with Gasteiger partial charge in [-0.05, 0) is 88.2 Å². The SMILES string of the molecule is C[C@@H]1CN([C@@H](C)CO)C(=O)c2cc(NC(=O)c3ccccc3)ccc2O[C@@H](C)CCCCO[C@H]1CN(C)Cc1ccncc1. The van der Waals surface area contributed by atoms with Crippen LogP contribution in [-0.4, -0.2) is 83.3 Å². The van der Waals surface area contributed by atoms with Gasteiger partial charge in [0.1, 0.15) is 5.75 Å². The minimum absolute atomic E-state index is 0.0277. The molecule has 236 valence electrons. The van der Waals surface area contributed by atoms with E-state index in [0.29, 0.717) is 42.3 Å². The molecule has 2 N–H and O–H groups in total. The van der Waals surface area contributed by atoms with Gasteiger partial charge < -0.3 is 24.8 Å². The molecule has 0 saturated heterocycles. The Bertz CT molecular complexity index is 1340. The maximum Gasteiger partial charge on any atom is 0.258 e. The quantitative estimate of drug-likeness (QED) is 0.363. The van der Waals surface area contributed by atoms with Crippen molar-refractivity contribution in [1.29, 1.82) is 0 Å². The Morgan fingerprint density at radius 3 is 2.59 bits per heavy atom. The average molecular weight is 603 g/mol. The molecule has 1 aliphatic heterocycles. The van der Waals surface area contributed by atoms with Gasteiger partial charge in [0.2, 0.25) is 0 Å². The van der Waals surface area contributed by atoms with Crippen LogP contribution in [0.5, 0.6) is 5.75 Å². The molecule has 0 fully saturated rings. The standard InChI is InChI=1S/C35H46N4O5/c1-25-21-39(26(2)24-40)35(42)31-20-30(37-34(41)29-11-6-5-7-12-29)13-14-32(31)44-27(3)10-8-9-19-43-33(25)23-38(4)22-28-15-17-36-18-16-28/h5-7,11-18,20,25-27,33,40H,8-10,19,21-24H2,1-4H3,(H,37,41)/t25-,26+,27+,33+/m1/s1. The van der Waals surface area contributed by atoms with Crippen molar-refractivity contribution in [3.63, 3.8) is 0 Å². The lowest BCUT2D eigenvalue weighted by Gasteiger charge is -2.36. The van der Waals surface area contributed by atoms with E-state index in [0.717, 1.165) is 25.8 Å². The molecule has 0 bridgehead atoms. The van der Waals surface area contributed by atoms with Gasteiger partial charge in [-0.15, -0.1) is 0 Å². The maximum absolute atomic E-state index is 14.3. The lowest BCUT2D eigenvalue weighted by Crippen LogP contribution is -2.47. The van der Waals surface area contributed by atoms with Gasteiger partial charge in [0.05, 0.1) is 30.4 Å². The second-order valence-electron chi connectivity index (χ2n) is 11.9. The predicted molar refractivity (Wildman–Crippen MR) is 172 cm³/mol. The van der Waals surface area contributed by atoms with Crippen LogP contribution in [0.3, 0.4) is 0 Å². The topological polar surface area (TPSA) is 104 Å². The van der Waals surface area contributed by atoms with Crippen LogP contribution in [0.15, 0.2) is 73.1 Å². The van der Waals surface area contributed by atoms with E-state index in [-0.39, 0.29) is 36.5 Å². The third-order valence-corrected chi connectivity index (χ3v) is 8.04. The van der Waals surface area contributed by atoms with Gasteiger partial charge in [0.25, 0.3) is 11.8 Å². The maximum atomic E-state index is 14.3. The van der Waals surface area contributed by atoms with E-state index in [4.69, 9.17) is 9.47 Å². The molecule has 4 atom stereocenters. The highest BCUT2D eigenvalue weighted by molar-refractivity contribution is 6.05. The number of nitrogens with zero attached hydrogens (tertiary/aromatic N) is 3. The number of aliphatic hydroxyl groups excluding tert-OH is 1. The third-order valence-electron chi connectivity index (χ3n) is 8.04. The molecule has 1 aliphatic rings. The van der Waals surface area contributed by atoms with Crippen LogP contribution in [0.4, 0.5) is 5.69 Å². The molecule has 44 heavy (non-hydrogen) atoms. The highest BCUT2D eigenvalue weighted by Crippen LogP contribution is 2.29. The van der Waals surface area contributed by atoms with Gasteiger partial charge in [0.15, 0.2) is 0 Å². The fourth-order valence-corrected chi connectivity index (χ4v) is 5.43. The molecule has 0 radical (unpaired) electrons. The van der Waals surface area contributed by atoms with E-state index in [1.54, 1.807) is 59.8 Å². The molecule has 4 rings (SSSR count). The van der Waals surface area contributed by atoms with Crippen molar-refractivity contribution in [2.75, 3.05) is 38.7 Å². The Hall–Kier alpha value is -3.79. The first-order chi connectivity index (χ1) is 21.2.